The van der Waals surface area contributed by atoms with Crippen LogP contribution >= 0.6 is 0 Å². The summed E-state index contributed by atoms with van der Waals surface area (Å²) in [4.78, 5) is 25.5. The van der Waals surface area contributed by atoms with Crippen LogP contribution in [0.25, 0.3) is 0 Å². The van der Waals surface area contributed by atoms with Crippen molar-refractivity contribution in [2.24, 2.45) is 5.41 Å². The number of rotatable bonds is 7. The van der Waals surface area contributed by atoms with E-state index in [1.165, 1.54) is 6.08 Å². The van der Waals surface area contributed by atoms with E-state index in [9.17, 15) is 9.59 Å². The third-order valence-electron chi connectivity index (χ3n) is 4.30. The molecule has 0 spiro atoms. The summed E-state index contributed by atoms with van der Waals surface area (Å²) in [5.74, 6) is -0.191. The molecule has 0 bridgehead atoms. The minimum atomic E-state index is -0.927. The van der Waals surface area contributed by atoms with E-state index in [0.717, 1.165) is 11.1 Å². The number of benzene rings is 2. The maximum Gasteiger partial charge on any atom is 0.185 e. The number of carbonyl (C=O) groups is 2. The van der Waals surface area contributed by atoms with Gasteiger partial charge in [0.15, 0.2) is 11.6 Å². The van der Waals surface area contributed by atoms with Gasteiger partial charge in [-0.25, -0.2) is 0 Å². The lowest BCUT2D eigenvalue weighted by Crippen LogP contribution is -2.23. The van der Waals surface area contributed by atoms with Gasteiger partial charge in [0.05, 0.1) is 5.41 Å². The highest BCUT2D eigenvalue weighted by molar-refractivity contribution is 6.07. The Morgan fingerprint density at radius 3 is 1.85 bits per heavy atom. The Bertz CT molecular complexity index is 852. The summed E-state index contributed by atoms with van der Waals surface area (Å²) in [6.07, 6.45) is 8.26. The number of hydrogen-bond acceptors (Lipinski definition) is 2. The van der Waals surface area contributed by atoms with Crippen LogP contribution in [0.1, 0.15) is 38.8 Å². The lowest BCUT2D eigenvalue weighted by molar-refractivity contribution is 0.0907. The van der Waals surface area contributed by atoms with Crippen LogP contribution < -0.4 is 0 Å². The van der Waals surface area contributed by atoms with Crippen molar-refractivity contribution in [1.82, 2.24) is 0 Å². The van der Waals surface area contributed by atoms with Crippen LogP contribution in [-0.2, 0) is 0 Å². The van der Waals surface area contributed by atoms with Gasteiger partial charge in [-0.2, -0.15) is 0 Å². The molecule has 132 valence electrons. The normalized spacial score (nSPS) is 13.7. The first-order valence-corrected chi connectivity index (χ1v) is 8.58. The monoisotopic (exact) mass is 344 g/mol. The molecule has 2 heteroatoms. The van der Waals surface area contributed by atoms with E-state index in [2.05, 4.69) is 6.58 Å². The molecule has 0 aliphatic carbocycles. The fourth-order valence-corrected chi connectivity index (χ4v) is 2.55. The maximum absolute atomic E-state index is 13.0. The van der Waals surface area contributed by atoms with Crippen LogP contribution in [0, 0.1) is 19.3 Å². The van der Waals surface area contributed by atoms with Crippen molar-refractivity contribution in [2.75, 3.05) is 0 Å². The molecule has 0 saturated heterocycles. The van der Waals surface area contributed by atoms with E-state index >= 15 is 0 Å². The zero-order valence-electron chi connectivity index (χ0n) is 15.5. The van der Waals surface area contributed by atoms with Gasteiger partial charge in [-0.15, -0.1) is 0 Å². The Labute approximate surface area is 155 Å². The molecule has 0 N–H and O–H groups in total. The smallest absolute Gasteiger partial charge is 0.185 e. The molecule has 1 atom stereocenters. The molecular weight excluding hydrogens is 320 g/mol. The average Bonchev–Trinajstić information content (AvgIpc) is 2.65. The van der Waals surface area contributed by atoms with Gasteiger partial charge < -0.3 is 0 Å². The Kier molecular flexibility index (Phi) is 6.24. The van der Waals surface area contributed by atoms with Crippen molar-refractivity contribution in [2.45, 2.75) is 20.8 Å². The van der Waals surface area contributed by atoms with Crippen LogP contribution in [0.4, 0.5) is 0 Å². The number of Topliss-reactive ketones (excluding diaryl/α,β-unsaturated/α-hetero) is 1. The molecule has 0 heterocycles. The molecule has 0 aliphatic rings. The van der Waals surface area contributed by atoms with E-state index in [1.807, 2.05) is 50.2 Å². The molecule has 0 radical (unpaired) electrons. The number of hydrogen-bond donors (Lipinski definition) is 0. The molecule has 0 amide bonds. The molecule has 1 unspecified atom stereocenters. The molecule has 0 saturated carbocycles. The van der Waals surface area contributed by atoms with Gasteiger partial charge in [-0.1, -0.05) is 90.5 Å². The standard InChI is InChI=1S/C24H24O2/c1-5-6-16-24(4,23(26)21-13-9-19(3)10-14-21)17-15-22(25)20-11-7-18(2)8-12-20/h5-17H,1H2,2-4H3/b16-6-,17-15-. The summed E-state index contributed by atoms with van der Waals surface area (Å²) < 4.78 is 0. The lowest BCUT2D eigenvalue weighted by Gasteiger charge is -2.20. The zero-order valence-corrected chi connectivity index (χ0v) is 15.5. The fourth-order valence-electron chi connectivity index (χ4n) is 2.55. The molecule has 0 fully saturated rings. The predicted octanol–water partition coefficient (Wildman–Crippen LogP) is 5.67. The minimum absolute atomic E-state index is 0.0662. The quantitative estimate of drug-likeness (QED) is 0.368. The summed E-state index contributed by atoms with van der Waals surface area (Å²) in [7, 11) is 0. The first kappa shape index (κ1) is 19.3. The lowest BCUT2D eigenvalue weighted by atomic mass is 9.81. The van der Waals surface area contributed by atoms with Gasteiger partial charge in [0.25, 0.3) is 0 Å². The second-order valence-electron chi connectivity index (χ2n) is 6.64. The van der Waals surface area contributed by atoms with Crippen molar-refractivity contribution in [3.8, 4) is 0 Å². The van der Waals surface area contributed by atoms with Crippen molar-refractivity contribution >= 4 is 11.6 Å². The third kappa shape index (κ3) is 4.76. The van der Waals surface area contributed by atoms with Gasteiger partial charge in [0, 0.05) is 11.1 Å². The average molecular weight is 344 g/mol. The minimum Gasteiger partial charge on any atom is -0.293 e. The van der Waals surface area contributed by atoms with Crippen molar-refractivity contribution < 1.29 is 9.59 Å². The summed E-state index contributed by atoms with van der Waals surface area (Å²) in [6.45, 7) is 9.42. The molecule has 2 aromatic carbocycles. The highest BCUT2D eigenvalue weighted by Crippen LogP contribution is 2.27. The zero-order chi connectivity index (χ0) is 19.2. The summed E-state index contributed by atoms with van der Waals surface area (Å²) in [5, 5.41) is 0. The topological polar surface area (TPSA) is 34.1 Å². The van der Waals surface area contributed by atoms with Crippen LogP contribution in [0.2, 0.25) is 0 Å². The summed E-state index contributed by atoms with van der Waals surface area (Å²) >= 11 is 0. The largest absolute Gasteiger partial charge is 0.293 e. The van der Waals surface area contributed by atoms with Gasteiger partial charge in [-0.05, 0) is 26.8 Å². The second kappa shape index (κ2) is 8.39. The number of carbonyl (C=O) groups excluding carboxylic acids is 2. The van der Waals surface area contributed by atoms with E-state index < -0.39 is 5.41 Å². The second-order valence-corrected chi connectivity index (χ2v) is 6.64. The maximum atomic E-state index is 13.0. The molecule has 26 heavy (non-hydrogen) atoms. The van der Waals surface area contributed by atoms with Crippen molar-refractivity contribution in [3.63, 3.8) is 0 Å². The van der Waals surface area contributed by atoms with Crippen LogP contribution in [0.5, 0.6) is 0 Å². The first-order chi connectivity index (χ1) is 12.4. The molecular formula is C24H24O2. The Balaban J connectivity index is 2.33. The van der Waals surface area contributed by atoms with Gasteiger partial charge in [0.1, 0.15) is 0 Å². The van der Waals surface area contributed by atoms with E-state index in [1.54, 1.807) is 43.4 Å². The van der Waals surface area contributed by atoms with Crippen molar-refractivity contribution in [3.05, 3.63) is 108 Å². The molecule has 2 rings (SSSR count). The molecule has 0 aromatic heterocycles. The molecule has 2 aromatic rings. The Hall–Kier alpha value is -3.00. The Morgan fingerprint density at radius 1 is 0.846 bits per heavy atom. The highest BCUT2D eigenvalue weighted by Gasteiger charge is 2.28. The number of aryl methyl sites for hydroxylation is 2. The van der Waals surface area contributed by atoms with Gasteiger partial charge in [-0.3, -0.25) is 9.59 Å². The van der Waals surface area contributed by atoms with Crippen LogP contribution in [0.3, 0.4) is 0 Å². The molecule has 2 nitrogen and oxygen atoms in total. The number of ketones is 2. The van der Waals surface area contributed by atoms with Crippen molar-refractivity contribution in [1.29, 1.82) is 0 Å². The number of allylic oxidation sites excluding steroid dienone is 5. The van der Waals surface area contributed by atoms with Crippen LogP contribution in [0.15, 0.2) is 85.5 Å². The van der Waals surface area contributed by atoms with Gasteiger partial charge >= 0.3 is 0 Å². The summed E-state index contributed by atoms with van der Waals surface area (Å²) in [6, 6.07) is 14.8. The van der Waals surface area contributed by atoms with E-state index in [0.29, 0.717) is 11.1 Å². The molecule has 0 aliphatic heterocycles. The highest BCUT2D eigenvalue weighted by atomic mass is 16.1. The van der Waals surface area contributed by atoms with Gasteiger partial charge in [0.2, 0.25) is 0 Å². The predicted molar refractivity (Wildman–Crippen MR) is 108 cm³/mol. The fraction of sp³-hybridized carbons (Fsp3) is 0.167. The first-order valence-electron chi connectivity index (χ1n) is 8.58. The van der Waals surface area contributed by atoms with E-state index in [-0.39, 0.29) is 11.6 Å². The van der Waals surface area contributed by atoms with Crippen LogP contribution in [-0.4, -0.2) is 11.6 Å². The third-order valence-corrected chi connectivity index (χ3v) is 4.30. The Morgan fingerprint density at radius 2 is 1.35 bits per heavy atom. The SMILES string of the molecule is C=C/C=C\C(C)(/C=C\C(=O)c1ccc(C)cc1)C(=O)c1ccc(C)cc1. The summed E-state index contributed by atoms with van der Waals surface area (Å²) in [5.41, 5.74) is 2.47. The van der Waals surface area contributed by atoms with E-state index in [4.69, 9.17) is 0 Å².